The number of para-hydroxylation sites is 2. The standard InChI is InChI=1S/C19H18Si.C13H13OP.C13H10O.2C13H10S.C12H9NO.C12H9NS/c1-20(17-11-5-2-6-12-17,18-13-7-3-8-14-18)19-15-9-4-10-16-19;1-15(14,12-8-4-2-5-9-12)13-10-6-3-7-11-13;2*1-9-5-4-7-11-10-6-2-3-8-12(10)14-13(9)11;1-9-6-7-13-11(8-9)10-4-2-3-5-12(10)14-13;2*1-8-4-5-10-9(7-8)12-11(14-10)3-2-6-13-12/h2-16H,1H3;2-11H,1H3;3*2-8H,1H3;2*2-7H,1H3. The second kappa shape index (κ2) is 32.3. The van der Waals surface area contributed by atoms with E-state index in [-0.39, 0.29) is 0 Å². The van der Waals surface area contributed by atoms with Gasteiger partial charge in [0.05, 0.1) is 10.2 Å². The van der Waals surface area contributed by atoms with Crippen LogP contribution < -0.4 is 26.2 Å². The van der Waals surface area contributed by atoms with Gasteiger partial charge in [-0.2, -0.15) is 0 Å². The number of benzene rings is 13. The van der Waals surface area contributed by atoms with Gasteiger partial charge in [-0.25, -0.2) is 0 Å². The van der Waals surface area contributed by atoms with E-state index in [2.05, 4.69) is 282 Å². The van der Waals surface area contributed by atoms with Crippen LogP contribution in [0.2, 0.25) is 6.55 Å². The first-order valence-electron chi connectivity index (χ1n) is 35.2. The Balaban J connectivity index is 0.000000104. The Kier molecular flexibility index (Phi) is 21.8. The summed E-state index contributed by atoms with van der Waals surface area (Å²) in [6.07, 6.45) is 3.65. The van der Waals surface area contributed by atoms with Crippen LogP contribution in [-0.4, -0.2) is 24.7 Å². The van der Waals surface area contributed by atoms with Crippen molar-refractivity contribution in [1.82, 2.24) is 9.97 Å². The number of thiophene rings is 3. The third kappa shape index (κ3) is 15.7. The fourth-order valence-electron chi connectivity index (χ4n) is 13.4. The van der Waals surface area contributed by atoms with Crippen molar-refractivity contribution in [3.05, 3.63) is 380 Å². The van der Waals surface area contributed by atoms with Gasteiger partial charge in [-0.3, -0.25) is 9.97 Å². The highest BCUT2D eigenvalue weighted by Crippen LogP contribution is 2.40. The second-order valence-electron chi connectivity index (χ2n) is 26.4. The third-order valence-electron chi connectivity index (χ3n) is 19.0. The lowest BCUT2D eigenvalue weighted by Crippen LogP contribution is -2.64. The van der Waals surface area contributed by atoms with Crippen LogP contribution in [0.1, 0.15) is 27.8 Å². The number of aromatic nitrogens is 2. The molecular formula is C95H79N2O3PS3Si. The van der Waals surface area contributed by atoms with Gasteiger partial charge in [-0.15, -0.1) is 34.0 Å². The highest BCUT2D eigenvalue weighted by atomic mass is 32.1. The average Bonchev–Trinajstić information content (AvgIpc) is 1.49. The molecular weight excluding hydrogens is 1370 g/mol. The fourth-order valence-corrected chi connectivity index (χ4v) is 22.1. The summed E-state index contributed by atoms with van der Waals surface area (Å²) in [5.41, 5.74) is 12.3. The molecule has 0 aliphatic heterocycles. The van der Waals surface area contributed by atoms with Crippen molar-refractivity contribution < 1.29 is 13.4 Å². The molecule has 0 saturated heterocycles. The Labute approximate surface area is 626 Å². The molecule has 0 unspecified atom stereocenters. The zero-order valence-electron chi connectivity index (χ0n) is 59.8. The van der Waals surface area contributed by atoms with Gasteiger partial charge < -0.3 is 13.4 Å². The van der Waals surface area contributed by atoms with E-state index >= 15 is 0 Å². The quantitative estimate of drug-likeness (QED) is 0.0976. The summed E-state index contributed by atoms with van der Waals surface area (Å²) >= 11 is 5.57. The van der Waals surface area contributed by atoms with Gasteiger partial charge >= 0.3 is 0 Å². The molecule has 10 heteroatoms. The van der Waals surface area contributed by atoms with Crippen molar-refractivity contribution in [2.75, 3.05) is 6.66 Å². The summed E-state index contributed by atoms with van der Waals surface area (Å²) in [7, 11) is -4.27. The van der Waals surface area contributed by atoms with Crippen LogP contribution in [0.4, 0.5) is 0 Å². The Morgan fingerprint density at radius 2 is 0.705 bits per heavy atom. The van der Waals surface area contributed by atoms with Crippen molar-refractivity contribution in [1.29, 1.82) is 0 Å². The van der Waals surface area contributed by atoms with Crippen LogP contribution in [0.25, 0.3) is 105 Å². The molecule has 0 aliphatic carbocycles. The minimum atomic E-state index is -2.40. The molecule has 13 aromatic carbocycles. The van der Waals surface area contributed by atoms with Crippen LogP contribution >= 0.6 is 41.2 Å². The molecule has 0 fully saturated rings. The molecule has 0 spiro atoms. The van der Waals surface area contributed by atoms with Crippen LogP contribution in [0.3, 0.4) is 0 Å². The molecule has 20 aromatic rings. The summed E-state index contributed by atoms with van der Waals surface area (Å²) in [6.45, 7) is 14.8. The number of furan rings is 2. The van der Waals surface area contributed by atoms with Crippen molar-refractivity contribution >= 4 is 180 Å². The molecule has 0 saturated carbocycles. The molecule has 0 bridgehead atoms. The molecule has 0 amide bonds. The first kappa shape index (κ1) is 70.9. The smallest absolute Gasteiger partial charge is 0.153 e. The van der Waals surface area contributed by atoms with Gasteiger partial charge in [-0.05, 0) is 147 Å². The topological polar surface area (TPSA) is 69.1 Å². The van der Waals surface area contributed by atoms with Crippen molar-refractivity contribution in [3.8, 4) is 0 Å². The minimum absolute atomic E-state index is 0.855. The van der Waals surface area contributed by atoms with E-state index in [1.165, 1.54) is 109 Å². The van der Waals surface area contributed by atoms with Gasteiger partial charge in [-0.1, -0.05) is 284 Å². The van der Waals surface area contributed by atoms with Crippen LogP contribution in [0.5, 0.6) is 0 Å². The normalized spacial score (nSPS) is 11.2. The number of aryl methyl sites for hydroxylation is 5. The Morgan fingerprint density at radius 3 is 1.30 bits per heavy atom. The van der Waals surface area contributed by atoms with Gasteiger partial charge in [0, 0.05) is 89.6 Å². The molecule has 7 heterocycles. The highest BCUT2D eigenvalue weighted by molar-refractivity contribution is 7.78. The summed E-state index contributed by atoms with van der Waals surface area (Å²) < 4.78 is 32.2. The number of nitrogens with zero attached hydrogens (tertiary/aromatic N) is 2. The largest absolute Gasteiger partial charge is 0.456 e. The number of hydrogen-bond acceptors (Lipinski definition) is 8. The van der Waals surface area contributed by atoms with Crippen molar-refractivity contribution in [2.24, 2.45) is 0 Å². The summed E-state index contributed by atoms with van der Waals surface area (Å²) in [4.78, 5) is 8.74. The number of pyridine rings is 2. The van der Waals surface area contributed by atoms with Crippen molar-refractivity contribution in [3.63, 3.8) is 0 Å². The van der Waals surface area contributed by atoms with Gasteiger partial charge in [0.1, 0.15) is 37.5 Å². The molecule has 0 radical (unpaired) electrons. The molecule has 0 aliphatic rings. The maximum absolute atomic E-state index is 12.6. The van der Waals surface area contributed by atoms with E-state index in [1.54, 1.807) is 6.20 Å². The number of rotatable bonds is 5. The van der Waals surface area contributed by atoms with Gasteiger partial charge in [0.25, 0.3) is 0 Å². The summed E-state index contributed by atoms with van der Waals surface area (Å²) in [6, 6.07) is 117. The second-order valence-corrected chi connectivity index (χ2v) is 36.5. The predicted octanol–water partition coefficient (Wildman–Crippen LogP) is 25.1. The third-order valence-corrected chi connectivity index (χ3v) is 29.7. The number of hydrogen-bond donors (Lipinski definition) is 0. The summed E-state index contributed by atoms with van der Waals surface area (Å²) in [5.74, 6) is 0. The van der Waals surface area contributed by atoms with Gasteiger partial charge in [0.15, 0.2) is 5.58 Å². The SMILES string of the molecule is CP(=O)(c1ccccc1)c1ccccc1.C[Si](c1ccccc1)(c1ccccc1)c1ccccc1.Cc1ccc2oc3cccnc3c2c1.Cc1ccc2sc3ccccc3c2c1.Cc1ccc2sc3cccnc3c2c1.Cc1cccc2c1oc1ccccc12.Cc1cccc2c1sc1ccccc12. The Morgan fingerprint density at radius 1 is 0.305 bits per heavy atom. The van der Waals surface area contributed by atoms with E-state index in [9.17, 15) is 4.57 Å². The average molecular weight is 1450 g/mol. The molecule has 5 nitrogen and oxygen atoms in total. The van der Waals surface area contributed by atoms with E-state index in [1.807, 2.05) is 156 Å². The molecule has 514 valence electrons. The number of fused-ring (bicyclic) bond motifs is 15. The lowest BCUT2D eigenvalue weighted by atomic mass is 10.1. The lowest BCUT2D eigenvalue weighted by molar-refractivity contribution is 0.590. The van der Waals surface area contributed by atoms with Crippen molar-refractivity contribution in [2.45, 2.75) is 41.2 Å². The van der Waals surface area contributed by atoms with E-state index in [4.69, 9.17) is 8.83 Å². The molecule has 0 atom stereocenters. The maximum Gasteiger partial charge on any atom is 0.153 e. The lowest BCUT2D eigenvalue weighted by Gasteiger charge is -2.29. The Bertz CT molecular complexity index is 5820. The first-order valence-corrected chi connectivity index (χ1v) is 42.3. The Hall–Kier alpha value is -11.1. The minimum Gasteiger partial charge on any atom is -0.456 e. The first-order chi connectivity index (χ1) is 51.3. The van der Waals surface area contributed by atoms with E-state index < -0.39 is 15.2 Å². The molecule has 105 heavy (non-hydrogen) atoms. The molecule has 7 aromatic heterocycles. The summed E-state index contributed by atoms with van der Waals surface area (Å²) in [5, 5.41) is 16.5. The monoisotopic (exact) mass is 1450 g/mol. The maximum atomic E-state index is 12.6. The van der Waals surface area contributed by atoms with E-state index in [0.29, 0.717) is 0 Å². The predicted molar refractivity (Wildman–Crippen MR) is 460 cm³/mol. The van der Waals surface area contributed by atoms with Crippen LogP contribution in [-0.2, 0) is 4.57 Å². The van der Waals surface area contributed by atoms with Crippen LogP contribution in [0.15, 0.2) is 361 Å². The molecule has 0 N–H and O–H groups in total. The zero-order valence-corrected chi connectivity index (χ0v) is 64.1. The van der Waals surface area contributed by atoms with Gasteiger partial charge in [0.2, 0.25) is 0 Å². The zero-order chi connectivity index (χ0) is 72.3. The van der Waals surface area contributed by atoms with E-state index in [0.717, 1.165) is 49.4 Å². The van der Waals surface area contributed by atoms with Crippen LogP contribution in [0, 0.1) is 34.6 Å². The molecule has 20 rings (SSSR count). The highest BCUT2D eigenvalue weighted by Gasteiger charge is 2.33. The fraction of sp³-hybridized carbons (Fsp3) is 0.0737.